The van der Waals surface area contributed by atoms with E-state index in [1.54, 1.807) is 0 Å². The van der Waals surface area contributed by atoms with Gasteiger partial charge < -0.3 is 15.1 Å². The van der Waals surface area contributed by atoms with Crippen molar-refractivity contribution >= 4 is 32.8 Å². The molecular weight excluding hydrogens is 332 g/mol. The fourth-order valence-electron chi connectivity index (χ4n) is 3.93. The minimum atomic E-state index is -0.464. The molecule has 0 saturated carbocycles. The lowest BCUT2D eigenvalue weighted by Gasteiger charge is -2.44. The minimum Gasteiger partial charge on any atom is -0.451 e. The van der Waals surface area contributed by atoms with Crippen molar-refractivity contribution in [2.75, 3.05) is 19.6 Å². The summed E-state index contributed by atoms with van der Waals surface area (Å²) in [5.74, 6) is 0.880. The summed E-state index contributed by atoms with van der Waals surface area (Å²) in [6.45, 7) is 3.36. The number of nitrogens with two attached hydrogens (primary N) is 1. The number of hydrogen-bond acceptors (Lipinski definition) is 3. The van der Waals surface area contributed by atoms with Crippen LogP contribution in [0.4, 0.5) is 0 Å². The molecule has 4 heterocycles. The Balaban J connectivity index is 1.90. The summed E-state index contributed by atoms with van der Waals surface area (Å²) in [5.41, 5.74) is 7.33. The van der Waals surface area contributed by atoms with Crippen LogP contribution >= 0.6 is 15.9 Å². The first-order chi connectivity index (χ1) is 10.1. The van der Waals surface area contributed by atoms with Crippen LogP contribution in [-0.2, 0) is 0 Å². The molecule has 5 rings (SSSR count). The minimum absolute atomic E-state index is 0.349. The Morgan fingerprint density at radius 3 is 2.71 bits per heavy atom. The number of halogens is 1. The van der Waals surface area contributed by atoms with Crippen LogP contribution in [0.1, 0.15) is 34.9 Å². The third-order valence-electron chi connectivity index (χ3n) is 4.94. The van der Waals surface area contributed by atoms with Gasteiger partial charge in [0.05, 0.1) is 0 Å². The fourth-order valence-corrected chi connectivity index (χ4v) is 4.27. The quantitative estimate of drug-likeness (QED) is 0.906. The second-order valence-electron chi connectivity index (χ2n) is 6.09. The largest absolute Gasteiger partial charge is 0.451 e. The van der Waals surface area contributed by atoms with Crippen LogP contribution in [0.3, 0.4) is 0 Å². The molecule has 1 aromatic heterocycles. The first kappa shape index (κ1) is 13.3. The van der Waals surface area contributed by atoms with Gasteiger partial charge in [-0.15, -0.1) is 0 Å². The number of piperidine rings is 3. The van der Waals surface area contributed by atoms with E-state index in [0.29, 0.717) is 17.6 Å². The SMILES string of the molecule is NC(=O)c1oc2cc(Br)ccc2c1[C@@H]1CN2CCC1CC2. The highest BCUT2D eigenvalue weighted by Gasteiger charge is 2.38. The third kappa shape index (κ3) is 2.10. The maximum Gasteiger partial charge on any atom is 0.284 e. The number of carbonyl (C=O) groups is 1. The van der Waals surface area contributed by atoms with Crippen molar-refractivity contribution < 1.29 is 9.21 Å². The Labute approximate surface area is 131 Å². The van der Waals surface area contributed by atoms with E-state index in [1.807, 2.05) is 18.2 Å². The fraction of sp³-hybridized carbons (Fsp3) is 0.438. The van der Waals surface area contributed by atoms with Crippen molar-refractivity contribution in [1.82, 2.24) is 4.90 Å². The van der Waals surface area contributed by atoms with E-state index in [9.17, 15) is 4.79 Å². The predicted molar refractivity (Wildman–Crippen MR) is 84.3 cm³/mol. The van der Waals surface area contributed by atoms with E-state index in [2.05, 4.69) is 20.8 Å². The first-order valence-corrected chi connectivity index (χ1v) is 8.17. The highest BCUT2D eigenvalue weighted by atomic mass is 79.9. The summed E-state index contributed by atoms with van der Waals surface area (Å²) in [4.78, 5) is 14.3. The molecule has 0 aliphatic carbocycles. The maximum atomic E-state index is 11.8. The molecule has 4 nitrogen and oxygen atoms in total. The van der Waals surface area contributed by atoms with Crippen molar-refractivity contribution in [3.63, 3.8) is 0 Å². The molecule has 3 fully saturated rings. The molecule has 21 heavy (non-hydrogen) atoms. The Bertz CT molecular complexity index is 716. The van der Waals surface area contributed by atoms with Gasteiger partial charge in [0.1, 0.15) is 5.58 Å². The van der Waals surface area contributed by atoms with Gasteiger partial charge in [-0.3, -0.25) is 4.79 Å². The summed E-state index contributed by atoms with van der Waals surface area (Å²) >= 11 is 3.45. The molecule has 0 spiro atoms. The molecule has 1 amide bonds. The zero-order chi connectivity index (χ0) is 14.6. The Hall–Kier alpha value is -1.33. The van der Waals surface area contributed by atoms with Crippen molar-refractivity contribution in [2.45, 2.75) is 18.8 Å². The van der Waals surface area contributed by atoms with Gasteiger partial charge in [-0.25, -0.2) is 0 Å². The van der Waals surface area contributed by atoms with E-state index in [-0.39, 0.29) is 0 Å². The zero-order valence-corrected chi connectivity index (χ0v) is 13.2. The molecule has 0 unspecified atom stereocenters. The van der Waals surface area contributed by atoms with Gasteiger partial charge in [0.25, 0.3) is 5.91 Å². The summed E-state index contributed by atoms with van der Waals surface area (Å²) in [5, 5.41) is 1.03. The monoisotopic (exact) mass is 348 g/mol. The molecule has 3 aliphatic heterocycles. The third-order valence-corrected chi connectivity index (χ3v) is 5.43. The Morgan fingerprint density at radius 1 is 1.33 bits per heavy atom. The van der Waals surface area contributed by atoms with Crippen LogP contribution in [0.15, 0.2) is 27.1 Å². The number of primary amides is 1. The van der Waals surface area contributed by atoms with Gasteiger partial charge >= 0.3 is 0 Å². The van der Waals surface area contributed by atoms with Crippen molar-refractivity contribution in [1.29, 1.82) is 0 Å². The van der Waals surface area contributed by atoms with Crippen molar-refractivity contribution in [3.8, 4) is 0 Å². The van der Waals surface area contributed by atoms with Crippen molar-refractivity contribution in [2.24, 2.45) is 11.7 Å². The molecule has 1 aromatic carbocycles. The lowest BCUT2D eigenvalue weighted by molar-refractivity contribution is 0.0849. The number of hydrogen-bond donors (Lipinski definition) is 1. The van der Waals surface area contributed by atoms with Crippen LogP contribution in [0.2, 0.25) is 0 Å². The number of fused-ring (bicyclic) bond motifs is 4. The molecular formula is C16H17BrN2O2. The smallest absolute Gasteiger partial charge is 0.284 e. The van der Waals surface area contributed by atoms with Gasteiger partial charge in [0, 0.05) is 27.9 Å². The van der Waals surface area contributed by atoms with E-state index in [4.69, 9.17) is 10.2 Å². The van der Waals surface area contributed by atoms with Gasteiger partial charge in [-0.2, -0.15) is 0 Å². The molecule has 1 atom stereocenters. The molecule has 2 N–H and O–H groups in total. The van der Waals surface area contributed by atoms with Crippen LogP contribution in [0.25, 0.3) is 11.0 Å². The van der Waals surface area contributed by atoms with Crippen LogP contribution in [0, 0.1) is 5.92 Å². The molecule has 5 heteroatoms. The number of furan rings is 1. The molecule has 2 aromatic rings. The van der Waals surface area contributed by atoms with Crippen LogP contribution in [0.5, 0.6) is 0 Å². The molecule has 2 bridgehead atoms. The summed E-state index contributed by atoms with van der Waals surface area (Å²) in [7, 11) is 0. The van der Waals surface area contributed by atoms with Gasteiger partial charge in [-0.1, -0.05) is 15.9 Å². The summed E-state index contributed by atoms with van der Waals surface area (Å²) < 4.78 is 6.72. The summed E-state index contributed by atoms with van der Waals surface area (Å²) in [6.07, 6.45) is 2.40. The zero-order valence-electron chi connectivity index (χ0n) is 11.6. The molecule has 3 saturated heterocycles. The van der Waals surface area contributed by atoms with Crippen molar-refractivity contribution in [3.05, 3.63) is 34.0 Å². The first-order valence-electron chi connectivity index (χ1n) is 7.37. The highest BCUT2D eigenvalue weighted by molar-refractivity contribution is 9.10. The standard InChI is InChI=1S/C16H17BrN2O2/c17-10-1-2-11-13(7-10)21-15(16(18)20)14(11)12-8-19-5-3-9(12)4-6-19/h1-2,7,9,12H,3-6,8H2,(H2,18,20)/t12-/m1/s1. The molecule has 3 aliphatic rings. The Morgan fingerprint density at radius 2 is 2.10 bits per heavy atom. The lowest BCUT2D eigenvalue weighted by Crippen LogP contribution is -2.46. The van der Waals surface area contributed by atoms with Gasteiger partial charge in [0.15, 0.2) is 5.76 Å². The predicted octanol–water partition coefficient (Wildman–Crippen LogP) is 3.10. The van der Waals surface area contributed by atoms with E-state index in [1.165, 1.54) is 25.9 Å². The van der Waals surface area contributed by atoms with Crippen LogP contribution < -0.4 is 5.73 Å². The molecule has 0 radical (unpaired) electrons. The number of rotatable bonds is 2. The average Bonchev–Trinajstić information content (AvgIpc) is 2.87. The second-order valence-corrected chi connectivity index (χ2v) is 7.01. The highest BCUT2D eigenvalue weighted by Crippen LogP contribution is 2.44. The number of carbonyl (C=O) groups excluding carboxylic acids is 1. The molecule has 110 valence electrons. The Kier molecular flexibility index (Phi) is 3.08. The normalized spacial score (nSPS) is 28.1. The van der Waals surface area contributed by atoms with Crippen LogP contribution in [-0.4, -0.2) is 30.4 Å². The van der Waals surface area contributed by atoms with E-state index < -0.39 is 5.91 Å². The van der Waals surface area contributed by atoms with E-state index >= 15 is 0 Å². The average molecular weight is 349 g/mol. The summed E-state index contributed by atoms with van der Waals surface area (Å²) in [6, 6.07) is 5.93. The van der Waals surface area contributed by atoms with Gasteiger partial charge in [-0.05, 0) is 50.0 Å². The lowest BCUT2D eigenvalue weighted by atomic mass is 9.74. The van der Waals surface area contributed by atoms with E-state index in [0.717, 1.165) is 27.6 Å². The number of benzene rings is 1. The number of amides is 1. The second kappa shape index (κ2) is 4.85. The number of nitrogens with zero attached hydrogens (tertiary/aromatic N) is 1. The topological polar surface area (TPSA) is 59.5 Å². The maximum absolute atomic E-state index is 11.8. The van der Waals surface area contributed by atoms with Gasteiger partial charge in [0.2, 0.25) is 0 Å².